The van der Waals surface area contributed by atoms with Crippen molar-refractivity contribution in [3.8, 4) is 0 Å². The summed E-state index contributed by atoms with van der Waals surface area (Å²) < 4.78 is 4.35. The Bertz CT molecular complexity index is 418. The number of rotatable bonds is 4. The van der Waals surface area contributed by atoms with Crippen molar-refractivity contribution in [2.24, 2.45) is 0 Å². The molecule has 17 heavy (non-hydrogen) atoms. The van der Waals surface area contributed by atoms with E-state index in [4.69, 9.17) is 10.2 Å². The van der Waals surface area contributed by atoms with E-state index >= 15 is 0 Å². The minimum atomic E-state index is -1.98. The van der Waals surface area contributed by atoms with Gasteiger partial charge < -0.3 is 20.1 Å². The normalized spacial score (nSPS) is 13.8. The molecule has 1 heterocycles. The van der Waals surface area contributed by atoms with E-state index in [-0.39, 0.29) is 11.4 Å². The molecular formula is C9H10N2O6. The van der Waals surface area contributed by atoms with Gasteiger partial charge in [-0.25, -0.2) is 19.6 Å². The van der Waals surface area contributed by atoms with Crippen molar-refractivity contribution in [3.05, 3.63) is 23.8 Å². The lowest BCUT2D eigenvalue weighted by molar-refractivity contribution is -0.153. The second-order valence-corrected chi connectivity index (χ2v) is 3.06. The number of aliphatic carboxylic acids is 1. The van der Waals surface area contributed by atoms with Gasteiger partial charge in [0.25, 0.3) is 0 Å². The first kappa shape index (κ1) is 13.0. The zero-order valence-electron chi connectivity index (χ0n) is 8.77. The Kier molecular flexibility index (Phi) is 4.07. The molecule has 1 aromatic rings. The number of aliphatic hydroxyl groups excluding tert-OH is 2. The van der Waals surface area contributed by atoms with Gasteiger partial charge in [-0.3, -0.25) is 0 Å². The van der Waals surface area contributed by atoms with Gasteiger partial charge >= 0.3 is 11.9 Å². The largest absolute Gasteiger partial charge is 0.479 e. The molecule has 0 fully saturated rings. The van der Waals surface area contributed by atoms with Crippen LogP contribution >= 0.6 is 0 Å². The number of esters is 1. The SMILES string of the molecule is COC(=O)c1ncc(C(O)C(O)C(=O)O)cn1. The number of carbonyl (C=O) groups excluding carboxylic acids is 1. The van der Waals surface area contributed by atoms with Gasteiger partial charge in [0, 0.05) is 18.0 Å². The van der Waals surface area contributed by atoms with Gasteiger partial charge in [-0.2, -0.15) is 0 Å². The molecule has 1 aromatic heterocycles. The Labute approximate surface area is 95.5 Å². The number of aromatic nitrogens is 2. The lowest BCUT2D eigenvalue weighted by Crippen LogP contribution is -2.27. The van der Waals surface area contributed by atoms with Crippen LogP contribution < -0.4 is 0 Å². The van der Waals surface area contributed by atoms with Crippen LogP contribution in [0.5, 0.6) is 0 Å². The Balaban J connectivity index is 2.87. The summed E-state index contributed by atoms with van der Waals surface area (Å²) in [5.74, 6) is -2.56. The third kappa shape index (κ3) is 2.95. The number of methoxy groups -OCH3 is 1. The minimum Gasteiger partial charge on any atom is -0.479 e. The molecule has 0 aliphatic rings. The second-order valence-electron chi connectivity index (χ2n) is 3.06. The molecule has 0 bridgehead atoms. The fourth-order valence-corrected chi connectivity index (χ4v) is 1.00. The van der Waals surface area contributed by atoms with Crippen molar-refractivity contribution < 1.29 is 29.6 Å². The van der Waals surface area contributed by atoms with E-state index in [0.29, 0.717) is 0 Å². The monoisotopic (exact) mass is 242 g/mol. The topological polar surface area (TPSA) is 130 Å². The van der Waals surface area contributed by atoms with E-state index < -0.39 is 24.1 Å². The summed E-state index contributed by atoms with van der Waals surface area (Å²) in [6, 6.07) is 0. The summed E-state index contributed by atoms with van der Waals surface area (Å²) in [5.41, 5.74) is -0.0208. The maximum atomic E-state index is 11.0. The van der Waals surface area contributed by atoms with Gasteiger partial charge in [0.2, 0.25) is 5.82 Å². The van der Waals surface area contributed by atoms with E-state index in [1.54, 1.807) is 0 Å². The van der Waals surface area contributed by atoms with E-state index in [1.165, 1.54) is 0 Å². The number of ether oxygens (including phenoxy) is 1. The fraction of sp³-hybridized carbons (Fsp3) is 0.333. The summed E-state index contributed by atoms with van der Waals surface area (Å²) >= 11 is 0. The zero-order chi connectivity index (χ0) is 13.0. The van der Waals surface area contributed by atoms with Crippen molar-refractivity contribution in [3.63, 3.8) is 0 Å². The van der Waals surface area contributed by atoms with Gasteiger partial charge in [-0.1, -0.05) is 0 Å². The zero-order valence-corrected chi connectivity index (χ0v) is 8.77. The van der Waals surface area contributed by atoms with Crippen molar-refractivity contribution in [1.29, 1.82) is 0 Å². The molecule has 8 heteroatoms. The van der Waals surface area contributed by atoms with Crippen LogP contribution in [0.3, 0.4) is 0 Å². The predicted octanol–water partition coefficient (Wildman–Crippen LogP) is -1.26. The molecule has 3 N–H and O–H groups in total. The minimum absolute atomic E-state index is 0.0208. The molecule has 8 nitrogen and oxygen atoms in total. The molecule has 2 unspecified atom stereocenters. The Morgan fingerprint density at radius 3 is 2.24 bits per heavy atom. The van der Waals surface area contributed by atoms with Crippen molar-refractivity contribution in [2.45, 2.75) is 12.2 Å². The summed E-state index contributed by atoms with van der Waals surface area (Å²) in [7, 11) is 1.16. The van der Waals surface area contributed by atoms with Crippen molar-refractivity contribution in [2.75, 3.05) is 7.11 Å². The lowest BCUT2D eigenvalue weighted by Gasteiger charge is -2.13. The van der Waals surface area contributed by atoms with Crippen LogP contribution in [0.2, 0.25) is 0 Å². The van der Waals surface area contributed by atoms with Gasteiger partial charge in [-0.15, -0.1) is 0 Å². The summed E-state index contributed by atoms with van der Waals surface area (Å²) in [4.78, 5) is 28.5. The van der Waals surface area contributed by atoms with Crippen molar-refractivity contribution in [1.82, 2.24) is 9.97 Å². The van der Waals surface area contributed by atoms with Gasteiger partial charge in [0.05, 0.1) is 7.11 Å². The summed E-state index contributed by atoms with van der Waals surface area (Å²) in [5, 5.41) is 27.0. The first-order chi connectivity index (χ1) is 7.97. The van der Waals surface area contributed by atoms with Gasteiger partial charge in [0.1, 0.15) is 6.10 Å². The molecule has 2 atom stereocenters. The third-order valence-electron chi connectivity index (χ3n) is 1.93. The number of hydrogen-bond acceptors (Lipinski definition) is 7. The predicted molar refractivity (Wildman–Crippen MR) is 52.0 cm³/mol. The lowest BCUT2D eigenvalue weighted by atomic mass is 10.1. The third-order valence-corrected chi connectivity index (χ3v) is 1.93. The maximum Gasteiger partial charge on any atom is 0.376 e. The van der Waals surface area contributed by atoms with Crippen LogP contribution in [0.1, 0.15) is 22.3 Å². The average molecular weight is 242 g/mol. The molecule has 1 rings (SSSR count). The van der Waals surface area contributed by atoms with E-state index in [1.807, 2.05) is 0 Å². The van der Waals surface area contributed by atoms with Crippen molar-refractivity contribution >= 4 is 11.9 Å². The van der Waals surface area contributed by atoms with Crippen LogP contribution in [-0.4, -0.2) is 50.4 Å². The molecule has 0 radical (unpaired) electrons. The quantitative estimate of drug-likeness (QED) is 0.558. The smallest absolute Gasteiger partial charge is 0.376 e. The molecule has 0 aromatic carbocycles. The Morgan fingerprint density at radius 2 is 1.82 bits per heavy atom. The molecule has 0 aliphatic heterocycles. The molecule has 0 spiro atoms. The second kappa shape index (κ2) is 5.32. The number of nitrogens with zero attached hydrogens (tertiary/aromatic N) is 2. The van der Waals surface area contributed by atoms with E-state index in [9.17, 15) is 14.7 Å². The number of aliphatic hydroxyl groups is 2. The number of carboxylic acids is 1. The van der Waals surface area contributed by atoms with Crippen LogP contribution in [0.15, 0.2) is 12.4 Å². The van der Waals surface area contributed by atoms with E-state index in [2.05, 4.69) is 14.7 Å². The number of hydrogen-bond donors (Lipinski definition) is 3. The molecule has 0 aliphatic carbocycles. The highest BCUT2D eigenvalue weighted by Gasteiger charge is 2.26. The average Bonchev–Trinajstić information content (AvgIpc) is 2.36. The highest BCUT2D eigenvalue weighted by Crippen LogP contribution is 2.15. The van der Waals surface area contributed by atoms with Crippen LogP contribution in [0.25, 0.3) is 0 Å². The molecule has 0 amide bonds. The van der Waals surface area contributed by atoms with Crippen LogP contribution in [0, 0.1) is 0 Å². The highest BCUT2D eigenvalue weighted by molar-refractivity contribution is 5.84. The van der Waals surface area contributed by atoms with Crippen LogP contribution in [0.4, 0.5) is 0 Å². The first-order valence-electron chi connectivity index (χ1n) is 4.46. The van der Waals surface area contributed by atoms with Gasteiger partial charge in [-0.05, 0) is 0 Å². The number of carbonyl (C=O) groups is 2. The molecule has 0 saturated heterocycles. The van der Waals surface area contributed by atoms with Gasteiger partial charge in [0.15, 0.2) is 6.10 Å². The fourth-order valence-electron chi connectivity index (χ4n) is 1.00. The summed E-state index contributed by atoms with van der Waals surface area (Å²) in [6.07, 6.45) is -1.58. The molecular weight excluding hydrogens is 232 g/mol. The maximum absolute atomic E-state index is 11.0. The first-order valence-corrected chi connectivity index (χ1v) is 4.46. The molecule has 92 valence electrons. The van der Waals surface area contributed by atoms with Crippen LogP contribution in [-0.2, 0) is 9.53 Å². The standard InChI is InChI=1S/C9H10N2O6/c1-17-9(16)7-10-2-4(3-11-7)5(12)6(13)8(14)15/h2-3,5-6,12-13H,1H3,(H,14,15). The Morgan fingerprint density at radius 1 is 1.29 bits per heavy atom. The number of carboxylic acid groups (broad SMARTS) is 1. The summed E-state index contributed by atoms with van der Waals surface area (Å²) in [6.45, 7) is 0. The van der Waals surface area contributed by atoms with E-state index in [0.717, 1.165) is 19.5 Å². The molecule has 0 saturated carbocycles. The highest BCUT2D eigenvalue weighted by atomic mass is 16.5. The Hall–Kier alpha value is -2.06.